The van der Waals surface area contributed by atoms with Gasteiger partial charge in [0, 0.05) is 7.05 Å². The molecule has 0 bridgehead atoms. The maximum atomic E-state index is 4.50. The minimum atomic E-state index is 0.184. The fourth-order valence-corrected chi connectivity index (χ4v) is 1.95. The van der Waals surface area contributed by atoms with Crippen LogP contribution in [0.15, 0.2) is 18.2 Å². The van der Waals surface area contributed by atoms with Gasteiger partial charge in [-0.1, -0.05) is 22.0 Å². The maximum absolute atomic E-state index is 4.50. The Bertz CT molecular complexity index is 490. The van der Waals surface area contributed by atoms with E-state index in [0.717, 1.165) is 11.3 Å². The van der Waals surface area contributed by atoms with Crippen molar-refractivity contribution < 1.29 is 0 Å². The lowest BCUT2D eigenvalue weighted by Crippen LogP contribution is -2.09. The molecular weight excluding hydrogens is 254 g/mol. The number of aromatic nitrogens is 2. The molecule has 2 aromatic rings. The van der Waals surface area contributed by atoms with Gasteiger partial charge in [0.15, 0.2) is 0 Å². The van der Waals surface area contributed by atoms with Gasteiger partial charge in [-0.25, -0.2) is 4.98 Å². The van der Waals surface area contributed by atoms with Gasteiger partial charge in [-0.15, -0.1) is 0 Å². The van der Waals surface area contributed by atoms with Crippen molar-refractivity contribution in [3.63, 3.8) is 0 Å². The molecule has 1 atom stereocenters. The van der Waals surface area contributed by atoms with Crippen molar-refractivity contribution in [1.29, 1.82) is 0 Å². The standard InChI is InChI=1S/C11H14BrN3/c1-7-14-9-6-8(11(12)13-2)4-5-10(9)15(7)3/h4-6,11,13H,1-3H3. The lowest BCUT2D eigenvalue weighted by atomic mass is 10.2. The van der Waals surface area contributed by atoms with E-state index in [0.29, 0.717) is 0 Å². The third-order valence-electron chi connectivity index (χ3n) is 2.67. The van der Waals surface area contributed by atoms with Gasteiger partial charge >= 0.3 is 0 Å². The van der Waals surface area contributed by atoms with Gasteiger partial charge < -0.3 is 9.88 Å². The fraction of sp³-hybridized carbons (Fsp3) is 0.364. The van der Waals surface area contributed by atoms with Gasteiger partial charge in [-0.3, -0.25) is 0 Å². The average Bonchev–Trinajstić information content (AvgIpc) is 2.53. The Hall–Kier alpha value is -0.870. The Morgan fingerprint density at radius 2 is 2.20 bits per heavy atom. The Morgan fingerprint density at radius 3 is 2.87 bits per heavy atom. The van der Waals surface area contributed by atoms with Gasteiger partial charge in [-0.2, -0.15) is 0 Å². The highest BCUT2D eigenvalue weighted by molar-refractivity contribution is 9.09. The summed E-state index contributed by atoms with van der Waals surface area (Å²) in [6.45, 7) is 2.02. The second kappa shape index (κ2) is 3.94. The number of aryl methyl sites for hydroxylation is 2. The molecule has 0 aliphatic rings. The summed E-state index contributed by atoms with van der Waals surface area (Å²) in [4.78, 5) is 4.69. The average molecular weight is 268 g/mol. The molecule has 0 aliphatic heterocycles. The number of hydrogen-bond acceptors (Lipinski definition) is 2. The van der Waals surface area contributed by atoms with Crippen molar-refractivity contribution in [2.75, 3.05) is 7.05 Å². The van der Waals surface area contributed by atoms with Crippen LogP contribution in [0.4, 0.5) is 0 Å². The van der Waals surface area contributed by atoms with E-state index in [-0.39, 0.29) is 4.95 Å². The van der Waals surface area contributed by atoms with Crippen LogP contribution >= 0.6 is 15.9 Å². The van der Waals surface area contributed by atoms with E-state index in [4.69, 9.17) is 0 Å². The maximum Gasteiger partial charge on any atom is 0.106 e. The summed E-state index contributed by atoms with van der Waals surface area (Å²) in [5, 5.41) is 3.15. The molecule has 15 heavy (non-hydrogen) atoms. The van der Waals surface area contributed by atoms with Gasteiger partial charge in [-0.05, 0) is 31.7 Å². The molecule has 80 valence electrons. The molecular formula is C11H14BrN3. The molecule has 0 fully saturated rings. The second-order valence-corrected chi connectivity index (χ2v) is 4.53. The number of hydrogen-bond donors (Lipinski definition) is 1. The molecule has 4 heteroatoms. The number of nitrogens with one attached hydrogen (secondary N) is 1. The van der Waals surface area contributed by atoms with E-state index in [1.54, 1.807) is 0 Å². The van der Waals surface area contributed by atoms with Crippen molar-refractivity contribution in [1.82, 2.24) is 14.9 Å². The highest BCUT2D eigenvalue weighted by Crippen LogP contribution is 2.23. The summed E-state index contributed by atoms with van der Waals surface area (Å²) in [5.74, 6) is 1.04. The van der Waals surface area contributed by atoms with Crippen LogP contribution in [0.5, 0.6) is 0 Å². The molecule has 2 rings (SSSR count). The van der Waals surface area contributed by atoms with E-state index in [2.05, 4.69) is 49.0 Å². The molecule has 0 amide bonds. The van der Waals surface area contributed by atoms with Crippen LogP contribution in [0.1, 0.15) is 16.3 Å². The van der Waals surface area contributed by atoms with Crippen LogP contribution in [-0.2, 0) is 7.05 Å². The highest BCUT2D eigenvalue weighted by Gasteiger charge is 2.08. The molecule has 3 nitrogen and oxygen atoms in total. The normalized spacial score (nSPS) is 13.3. The molecule has 0 aliphatic carbocycles. The topological polar surface area (TPSA) is 29.9 Å². The number of halogens is 1. The van der Waals surface area contributed by atoms with Crippen LogP contribution in [0.3, 0.4) is 0 Å². The lowest BCUT2D eigenvalue weighted by Gasteiger charge is -2.08. The zero-order valence-corrected chi connectivity index (χ0v) is 10.7. The summed E-state index contributed by atoms with van der Waals surface area (Å²) in [6.07, 6.45) is 0. The van der Waals surface area contributed by atoms with Gasteiger partial charge in [0.2, 0.25) is 0 Å². The van der Waals surface area contributed by atoms with Crippen molar-refractivity contribution >= 4 is 27.0 Å². The van der Waals surface area contributed by atoms with Gasteiger partial charge in [0.25, 0.3) is 0 Å². The van der Waals surface area contributed by atoms with Gasteiger partial charge in [0.1, 0.15) is 5.82 Å². The van der Waals surface area contributed by atoms with E-state index in [9.17, 15) is 0 Å². The molecule has 0 saturated heterocycles. The molecule has 1 unspecified atom stereocenters. The van der Waals surface area contributed by atoms with E-state index in [1.165, 1.54) is 11.1 Å². The third kappa shape index (κ3) is 1.79. The number of alkyl halides is 1. The molecule has 0 spiro atoms. The van der Waals surface area contributed by atoms with Crippen LogP contribution < -0.4 is 5.32 Å². The summed E-state index contributed by atoms with van der Waals surface area (Å²) >= 11 is 3.55. The third-order valence-corrected chi connectivity index (χ3v) is 3.66. The lowest BCUT2D eigenvalue weighted by molar-refractivity contribution is 0.809. The zero-order chi connectivity index (χ0) is 11.0. The zero-order valence-electron chi connectivity index (χ0n) is 9.08. The Morgan fingerprint density at radius 1 is 1.47 bits per heavy atom. The highest BCUT2D eigenvalue weighted by atomic mass is 79.9. The Labute approximate surface area is 97.6 Å². The van der Waals surface area contributed by atoms with E-state index in [1.807, 2.05) is 21.0 Å². The largest absolute Gasteiger partial charge is 0.331 e. The predicted molar refractivity (Wildman–Crippen MR) is 66.2 cm³/mol. The molecule has 0 saturated carbocycles. The van der Waals surface area contributed by atoms with Crippen molar-refractivity contribution in [3.8, 4) is 0 Å². The monoisotopic (exact) mass is 267 g/mol. The molecule has 1 N–H and O–H groups in total. The first kappa shape index (κ1) is 10.6. The SMILES string of the molecule is CNC(Br)c1ccc2c(c1)nc(C)n2C. The number of nitrogens with zero attached hydrogens (tertiary/aromatic N) is 2. The van der Waals surface area contributed by atoms with Crippen molar-refractivity contribution in [2.24, 2.45) is 7.05 Å². The van der Waals surface area contributed by atoms with Gasteiger partial charge in [0.05, 0.1) is 16.0 Å². The first-order valence-corrected chi connectivity index (χ1v) is 5.79. The van der Waals surface area contributed by atoms with E-state index >= 15 is 0 Å². The van der Waals surface area contributed by atoms with Crippen LogP contribution in [-0.4, -0.2) is 16.6 Å². The van der Waals surface area contributed by atoms with E-state index < -0.39 is 0 Å². The first-order valence-electron chi connectivity index (χ1n) is 4.88. The molecule has 1 heterocycles. The summed E-state index contributed by atoms with van der Waals surface area (Å²) < 4.78 is 2.10. The number of benzene rings is 1. The quantitative estimate of drug-likeness (QED) is 0.670. The Kier molecular flexibility index (Phi) is 2.80. The summed E-state index contributed by atoms with van der Waals surface area (Å²) in [5.41, 5.74) is 3.42. The van der Waals surface area contributed by atoms with Crippen LogP contribution in [0.25, 0.3) is 11.0 Å². The molecule has 1 aromatic heterocycles. The predicted octanol–water partition coefficient (Wildman–Crippen LogP) is 2.49. The molecule has 0 radical (unpaired) electrons. The smallest absolute Gasteiger partial charge is 0.106 e. The number of fused-ring (bicyclic) bond motifs is 1. The first-order chi connectivity index (χ1) is 7.13. The van der Waals surface area contributed by atoms with Crippen LogP contribution in [0, 0.1) is 6.92 Å². The van der Waals surface area contributed by atoms with Crippen molar-refractivity contribution in [2.45, 2.75) is 11.9 Å². The summed E-state index contributed by atoms with van der Waals surface area (Å²) in [6, 6.07) is 6.33. The fourth-order valence-electron chi connectivity index (χ4n) is 1.66. The molecule has 1 aromatic carbocycles. The minimum Gasteiger partial charge on any atom is -0.331 e. The van der Waals surface area contributed by atoms with Crippen molar-refractivity contribution in [3.05, 3.63) is 29.6 Å². The Balaban J connectivity index is 2.57. The summed E-state index contributed by atoms with van der Waals surface area (Å²) in [7, 11) is 3.96. The number of imidazole rings is 1. The number of rotatable bonds is 2. The minimum absolute atomic E-state index is 0.184. The van der Waals surface area contributed by atoms with Crippen LogP contribution in [0.2, 0.25) is 0 Å². The second-order valence-electron chi connectivity index (χ2n) is 3.62.